The first-order valence-electron chi connectivity index (χ1n) is 6.06. The summed E-state index contributed by atoms with van der Waals surface area (Å²) >= 11 is 0. The number of rotatable bonds is 0. The lowest BCUT2D eigenvalue weighted by molar-refractivity contribution is 0.356. The van der Waals surface area contributed by atoms with E-state index in [1.807, 2.05) is 10.7 Å². The molecule has 3 heteroatoms. The average molecular weight is 231 g/mol. The van der Waals surface area contributed by atoms with Crippen molar-refractivity contribution in [2.45, 2.75) is 52.5 Å². The van der Waals surface area contributed by atoms with Crippen molar-refractivity contribution in [2.75, 3.05) is 0 Å². The molecule has 0 N–H and O–H groups in total. The van der Waals surface area contributed by atoms with Crippen LogP contribution < -0.4 is 0 Å². The SMILES string of the molecule is CC(C)(C)c1cccc2nnn(C(C)(C)C)c12. The van der Waals surface area contributed by atoms with Crippen LogP contribution in [0.3, 0.4) is 0 Å². The second kappa shape index (κ2) is 3.56. The number of benzene rings is 1. The molecule has 0 unspecified atom stereocenters. The molecule has 0 saturated heterocycles. The second-order valence-corrected chi connectivity index (χ2v) is 6.60. The van der Waals surface area contributed by atoms with E-state index >= 15 is 0 Å². The van der Waals surface area contributed by atoms with E-state index in [0.29, 0.717) is 0 Å². The van der Waals surface area contributed by atoms with Gasteiger partial charge in [-0.3, -0.25) is 0 Å². The zero-order valence-corrected chi connectivity index (χ0v) is 11.6. The third kappa shape index (κ3) is 2.06. The van der Waals surface area contributed by atoms with E-state index in [-0.39, 0.29) is 11.0 Å². The molecule has 17 heavy (non-hydrogen) atoms. The molecule has 1 aromatic heterocycles. The lowest BCUT2D eigenvalue weighted by atomic mass is 9.86. The predicted molar refractivity (Wildman–Crippen MR) is 71.2 cm³/mol. The van der Waals surface area contributed by atoms with E-state index in [9.17, 15) is 0 Å². The fourth-order valence-electron chi connectivity index (χ4n) is 2.05. The van der Waals surface area contributed by atoms with Crippen molar-refractivity contribution in [1.29, 1.82) is 0 Å². The lowest BCUT2D eigenvalue weighted by Gasteiger charge is -2.25. The molecule has 0 amide bonds. The van der Waals surface area contributed by atoms with Gasteiger partial charge in [-0.1, -0.05) is 38.1 Å². The number of para-hydroxylation sites is 1. The van der Waals surface area contributed by atoms with Crippen LogP contribution in [0.5, 0.6) is 0 Å². The van der Waals surface area contributed by atoms with E-state index in [1.165, 1.54) is 5.56 Å². The predicted octanol–water partition coefficient (Wildman–Crippen LogP) is 3.48. The summed E-state index contributed by atoms with van der Waals surface area (Å²) in [7, 11) is 0. The van der Waals surface area contributed by atoms with E-state index in [0.717, 1.165) is 11.0 Å². The van der Waals surface area contributed by atoms with Gasteiger partial charge in [0.2, 0.25) is 0 Å². The highest BCUT2D eigenvalue weighted by Crippen LogP contribution is 2.31. The molecule has 0 aliphatic carbocycles. The van der Waals surface area contributed by atoms with Crippen molar-refractivity contribution in [3.8, 4) is 0 Å². The van der Waals surface area contributed by atoms with Crippen LogP contribution in [0.4, 0.5) is 0 Å². The van der Waals surface area contributed by atoms with Crippen molar-refractivity contribution in [3.05, 3.63) is 23.8 Å². The van der Waals surface area contributed by atoms with Gasteiger partial charge in [-0.15, -0.1) is 5.10 Å². The normalized spacial score (nSPS) is 13.3. The van der Waals surface area contributed by atoms with Gasteiger partial charge in [-0.25, -0.2) is 4.68 Å². The van der Waals surface area contributed by atoms with Crippen LogP contribution in [0.1, 0.15) is 47.1 Å². The summed E-state index contributed by atoms with van der Waals surface area (Å²) in [5, 5.41) is 8.58. The minimum Gasteiger partial charge on any atom is -0.239 e. The second-order valence-electron chi connectivity index (χ2n) is 6.60. The van der Waals surface area contributed by atoms with Gasteiger partial charge in [0.1, 0.15) is 5.52 Å². The van der Waals surface area contributed by atoms with Gasteiger partial charge in [0.05, 0.1) is 11.1 Å². The molecule has 0 saturated carbocycles. The third-order valence-corrected chi connectivity index (χ3v) is 2.91. The number of hydrogen-bond donors (Lipinski definition) is 0. The Labute approximate surface area is 103 Å². The molecular weight excluding hydrogens is 210 g/mol. The van der Waals surface area contributed by atoms with E-state index in [1.54, 1.807) is 0 Å². The lowest BCUT2D eigenvalue weighted by Crippen LogP contribution is -2.25. The number of fused-ring (bicyclic) bond motifs is 1. The molecule has 1 heterocycles. The maximum absolute atomic E-state index is 4.31. The molecular formula is C14H21N3. The highest BCUT2D eigenvalue weighted by molar-refractivity contribution is 5.79. The van der Waals surface area contributed by atoms with Crippen LogP contribution in [0, 0.1) is 0 Å². The van der Waals surface area contributed by atoms with Crippen molar-refractivity contribution in [3.63, 3.8) is 0 Å². The topological polar surface area (TPSA) is 30.7 Å². The number of nitrogens with zero attached hydrogens (tertiary/aromatic N) is 3. The molecule has 0 aliphatic heterocycles. The van der Waals surface area contributed by atoms with Gasteiger partial charge in [-0.2, -0.15) is 0 Å². The first-order valence-corrected chi connectivity index (χ1v) is 6.06. The van der Waals surface area contributed by atoms with E-state index in [2.05, 4.69) is 64.0 Å². The molecule has 3 nitrogen and oxygen atoms in total. The summed E-state index contributed by atoms with van der Waals surface area (Å²) in [6.07, 6.45) is 0. The fourth-order valence-corrected chi connectivity index (χ4v) is 2.05. The van der Waals surface area contributed by atoms with Crippen LogP contribution in [-0.2, 0) is 11.0 Å². The molecule has 0 spiro atoms. The van der Waals surface area contributed by atoms with Crippen LogP contribution in [0.15, 0.2) is 18.2 Å². The molecule has 0 bridgehead atoms. The standard InChI is InChI=1S/C14H21N3/c1-13(2,3)10-8-7-9-11-12(10)17(16-15-11)14(4,5)6/h7-9H,1-6H3. The smallest absolute Gasteiger partial charge is 0.113 e. The first-order chi connectivity index (χ1) is 7.71. The summed E-state index contributed by atoms with van der Waals surface area (Å²) in [4.78, 5) is 0. The van der Waals surface area contributed by atoms with Gasteiger partial charge < -0.3 is 0 Å². The monoisotopic (exact) mass is 231 g/mol. The van der Waals surface area contributed by atoms with Crippen molar-refractivity contribution in [1.82, 2.24) is 15.0 Å². The molecule has 0 radical (unpaired) electrons. The Hall–Kier alpha value is -1.38. The van der Waals surface area contributed by atoms with Crippen LogP contribution in [-0.4, -0.2) is 15.0 Å². The van der Waals surface area contributed by atoms with Gasteiger partial charge in [-0.05, 0) is 37.8 Å². The van der Waals surface area contributed by atoms with Crippen molar-refractivity contribution in [2.24, 2.45) is 0 Å². The number of hydrogen-bond acceptors (Lipinski definition) is 2. The summed E-state index contributed by atoms with van der Waals surface area (Å²) in [5.74, 6) is 0. The molecule has 2 rings (SSSR count). The average Bonchev–Trinajstić information content (AvgIpc) is 2.57. The minimum atomic E-state index is -0.0455. The van der Waals surface area contributed by atoms with Gasteiger partial charge >= 0.3 is 0 Å². The fraction of sp³-hybridized carbons (Fsp3) is 0.571. The minimum absolute atomic E-state index is 0.0455. The van der Waals surface area contributed by atoms with Crippen LogP contribution in [0.2, 0.25) is 0 Å². The zero-order valence-electron chi connectivity index (χ0n) is 11.6. The third-order valence-electron chi connectivity index (χ3n) is 2.91. The quantitative estimate of drug-likeness (QED) is 0.695. The van der Waals surface area contributed by atoms with Crippen molar-refractivity contribution < 1.29 is 0 Å². The molecule has 92 valence electrons. The van der Waals surface area contributed by atoms with Gasteiger partial charge in [0, 0.05) is 0 Å². The largest absolute Gasteiger partial charge is 0.239 e. The Bertz CT molecular complexity index is 539. The molecule has 0 aliphatic rings. The summed E-state index contributed by atoms with van der Waals surface area (Å²) in [6.45, 7) is 13.1. The molecule has 0 fully saturated rings. The Kier molecular flexibility index (Phi) is 2.53. The summed E-state index contributed by atoms with van der Waals surface area (Å²) in [6, 6.07) is 6.26. The zero-order chi connectivity index (χ0) is 12.8. The number of aromatic nitrogens is 3. The maximum Gasteiger partial charge on any atom is 0.113 e. The molecule has 1 aromatic carbocycles. The Morgan fingerprint density at radius 2 is 1.65 bits per heavy atom. The van der Waals surface area contributed by atoms with Crippen LogP contribution in [0.25, 0.3) is 11.0 Å². The summed E-state index contributed by atoms with van der Waals surface area (Å²) in [5.41, 5.74) is 3.50. The van der Waals surface area contributed by atoms with Gasteiger partial charge in [0.25, 0.3) is 0 Å². The van der Waals surface area contributed by atoms with E-state index in [4.69, 9.17) is 0 Å². The first kappa shape index (κ1) is 12.1. The van der Waals surface area contributed by atoms with Gasteiger partial charge in [0.15, 0.2) is 0 Å². The molecule has 2 aromatic rings. The maximum atomic E-state index is 4.31. The Morgan fingerprint density at radius 3 is 2.18 bits per heavy atom. The van der Waals surface area contributed by atoms with Crippen molar-refractivity contribution >= 4 is 11.0 Å². The highest BCUT2D eigenvalue weighted by Gasteiger charge is 2.24. The molecule has 0 atom stereocenters. The Balaban J connectivity index is 2.82. The summed E-state index contributed by atoms with van der Waals surface area (Å²) < 4.78 is 2.03. The highest BCUT2D eigenvalue weighted by atomic mass is 15.4. The van der Waals surface area contributed by atoms with E-state index < -0.39 is 0 Å². The van der Waals surface area contributed by atoms with Crippen LogP contribution >= 0.6 is 0 Å². The Morgan fingerprint density at radius 1 is 1.00 bits per heavy atom.